The fraction of sp³-hybridized carbons (Fsp3) is 0.417. The average Bonchev–Trinajstić information content (AvgIpc) is 3.07. The minimum Gasteiger partial charge on any atom is -0.325 e. The van der Waals surface area contributed by atoms with Crippen LogP contribution in [-0.2, 0) is 4.79 Å². The number of halogens is 2. The monoisotopic (exact) mass is 256 g/mol. The smallest absolute Gasteiger partial charge is 0.241 e. The second-order valence-electron chi connectivity index (χ2n) is 4.28. The minimum atomic E-state index is -0.492. The molecular weight excluding hydrogens is 243 g/mol. The maximum Gasteiger partial charge on any atom is 0.241 e. The summed E-state index contributed by atoms with van der Waals surface area (Å²) in [6, 6.07) is 4.33. The third-order valence-corrected chi connectivity index (χ3v) is 2.93. The van der Waals surface area contributed by atoms with Crippen LogP contribution in [0.1, 0.15) is 19.8 Å². The summed E-state index contributed by atoms with van der Waals surface area (Å²) < 4.78 is 12.9. The molecule has 0 aromatic heterocycles. The topological polar surface area (TPSA) is 41.1 Å². The average molecular weight is 257 g/mol. The molecule has 1 saturated carbocycles. The van der Waals surface area contributed by atoms with Gasteiger partial charge < -0.3 is 10.6 Å². The van der Waals surface area contributed by atoms with Crippen molar-refractivity contribution in [1.29, 1.82) is 0 Å². The lowest BCUT2D eigenvalue weighted by Gasteiger charge is -2.13. The maximum absolute atomic E-state index is 12.9. The van der Waals surface area contributed by atoms with Crippen LogP contribution in [0.4, 0.5) is 10.1 Å². The largest absolute Gasteiger partial charge is 0.325 e. The maximum atomic E-state index is 12.9. The first kappa shape index (κ1) is 12.3. The third-order valence-electron chi connectivity index (χ3n) is 2.64. The summed E-state index contributed by atoms with van der Waals surface area (Å²) in [4.78, 5) is 11.8. The van der Waals surface area contributed by atoms with Crippen molar-refractivity contribution in [2.75, 3.05) is 5.32 Å². The van der Waals surface area contributed by atoms with Gasteiger partial charge in [-0.3, -0.25) is 4.79 Å². The number of nitrogens with one attached hydrogen (secondary N) is 2. The summed E-state index contributed by atoms with van der Waals surface area (Å²) in [5, 5.41) is 5.88. The van der Waals surface area contributed by atoms with Gasteiger partial charge >= 0.3 is 0 Å². The van der Waals surface area contributed by atoms with E-state index in [-0.39, 0.29) is 17.0 Å². The van der Waals surface area contributed by atoms with Crippen molar-refractivity contribution in [3.05, 3.63) is 29.0 Å². The van der Waals surface area contributed by atoms with E-state index in [1.807, 2.05) is 0 Å². The van der Waals surface area contributed by atoms with Gasteiger partial charge in [0.05, 0.1) is 11.1 Å². The van der Waals surface area contributed by atoms with Gasteiger partial charge in [0.2, 0.25) is 5.91 Å². The molecule has 3 nitrogen and oxygen atoms in total. The first-order valence-electron chi connectivity index (χ1n) is 5.58. The summed E-state index contributed by atoms with van der Waals surface area (Å²) in [5.41, 5.74) is 0.505. The van der Waals surface area contributed by atoms with Crippen LogP contribution in [0.5, 0.6) is 0 Å². The number of anilines is 1. The molecule has 1 aliphatic rings. The lowest BCUT2D eigenvalue weighted by molar-refractivity contribution is -0.117. The van der Waals surface area contributed by atoms with Gasteiger partial charge in [-0.1, -0.05) is 11.6 Å². The van der Waals surface area contributed by atoms with Gasteiger partial charge in [-0.2, -0.15) is 0 Å². The molecule has 5 heteroatoms. The first-order valence-corrected chi connectivity index (χ1v) is 5.96. The van der Waals surface area contributed by atoms with E-state index in [1.54, 1.807) is 6.92 Å². The van der Waals surface area contributed by atoms with Gasteiger partial charge in [-0.15, -0.1) is 0 Å². The highest BCUT2D eigenvalue weighted by Gasteiger charge is 2.25. The van der Waals surface area contributed by atoms with E-state index < -0.39 is 5.82 Å². The van der Waals surface area contributed by atoms with Gasteiger partial charge in [-0.05, 0) is 38.0 Å². The van der Waals surface area contributed by atoms with E-state index in [1.165, 1.54) is 18.2 Å². The zero-order valence-electron chi connectivity index (χ0n) is 9.47. The third kappa shape index (κ3) is 3.41. The molecular formula is C12H14ClFN2O. The van der Waals surface area contributed by atoms with Crippen LogP contribution in [0, 0.1) is 5.82 Å². The summed E-state index contributed by atoms with van der Waals surface area (Å²) >= 11 is 5.63. The molecule has 0 bridgehead atoms. The molecule has 17 heavy (non-hydrogen) atoms. The molecule has 1 aromatic carbocycles. The van der Waals surface area contributed by atoms with Crippen molar-refractivity contribution in [2.24, 2.45) is 0 Å². The number of carbonyl (C=O) groups is 1. The van der Waals surface area contributed by atoms with Crippen molar-refractivity contribution in [1.82, 2.24) is 5.32 Å². The summed E-state index contributed by atoms with van der Waals surface area (Å²) in [7, 11) is 0. The van der Waals surface area contributed by atoms with Crippen LogP contribution >= 0.6 is 11.6 Å². The van der Waals surface area contributed by atoms with E-state index in [4.69, 9.17) is 11.6 Å². The van der Waals surface area contributed by atoms with Gasteiger partial charge in [0, 0.05) is 11.7 Å². The number of hydrogen-bond donors (Lipinski definition) is 2. The molecule has 1 aromatic rings. The van der Waals surface area contributed by atoms with Crippen LogP contribution in [-0.4, -0.2) is 18.0 Å². The lowest BCUT2D eigenvalue weighted by Crippen LogP contribution is -2.39. The molecule has 1 atom stereocenters. The SMILES string of the molecule is CC(NC1CC1)C(=O)Nc1ccc(F)c(Cl)c1. The number of benzene rings is 1. The quantitative estimate of drug-likeness (QED) is 0.869. The zero-order chi connectivity index (χ0) is 12.4. The molecule has 0 aliphatic heterocycles. The summed E-state index contributed by atoms with van der Waals surface area (Å²) in [6.07, 6.45) is 2.25. The molecule has 2 N–H and O–H groups in total. The van der Waals surface area contributed by atoms with E-state index in [0.717, 1.165) is 12.8 Å². The molecule has 1 unspecified atom stereocenters. The van der Waals surface area contributed by atoms with Gasteiger partial charge in [0.1, 0.15) is 5.82 Å². The fourth-order valence-corrected chi connectivity index (χ4v) is 1.68. The minimum absolute atomic E-state index is 0.00519. The van der Waals surface area contributed by atoms with Crippen LogP contribution in [0.25, 0.3) is 0 Å². The van der Waals surface area contributed by atoms with Crippen molar-refractivity contribution in [3.63, 3.8) is 0 Å². The van der Waals surface area contributed by atoms with E-state index in [9.17, 15) is 9.18 Å². The lowest BCUT2D eigenvalue weighted by atomic mass is 10.2. The zero-order valence-corrected chi connectivity index (χ0v) is 10.2. The Balaban J connectivity index is 1.94. The Morgan fingerprint density at radius 3 is 2.82 bits per heavy atom. The molecule has 1 fully saturated rings. The highest BCUT2D eigenvalue weighted by atomic mass is 35.5. The molecule has 0 spiro atoms. The van der Waals surface area contributed by atoms with Gasteiger partial charge in [0.15, 0.2) is 0 Å². The van der Waals surface area contributed by atoms with Crippen molar-refractivity contribution in [2.45, 2.75) is 31.8 Å². The Bertz CT molecular complexity index is 435. The molecule has 92 valence electrons. The second-order valence-corrected chi connectivity index (χ2v) is 4.69. The predicted molar refractivity (Wildman–Crippen MR) is 65.7 cm³/mol. The first-order chi connectivity index (χ1) is 8.06. The van der Waals surface area contributed by atoms with E-state index in [2.05, 4.69) is 10.6 Å². The number of rotatable bonds is 4. The number of hydrogen-bond acceptors (Lipinski definition) is 2. The van der Waals surface area contributed by atoms with Gasteiger partial charge in [-0.25, -0.2) is 4.39 Å². The normalized spacial score (nSPS) is 16.6. The molecule has 0 saturated heterocycles. The highest BCUT2D eigenvalue weighted by Crippen LogP contribution is 2.21. The standard InChI is InChI=1S/C12H14ClFN2O/c1-7(15-8-2-3-8)12(17)16-9-4-5-11(14)10(13)6-9/h4-8,15H,2-3H2,1H3,(H,16,17). The molecule has 0 radical (unpaired) electrons. The fourth-order valence-electron chi connectivity index (χ4n) is 1.50. The Morgan fingerprint density at radius 1 is 1.53 bits per heavy atom. The van der Waals surface area contributed by atoms with Gasteiger partial charge in [0.25, 0.3) is 0 Å². The summed E-state index contributed by atoms with van der Waals surface area (Å²) in [6.45, 7) is 1.80. The molecule has 1 amide bonds. The number of amides is 1. The highest BCUT2D eigenvalue weighted by molar-refractivity contribution is 6.31. The predicted octanol–water partition coefficient (Wildman–Crippen LogP) is 2.56. The van der Waals surface area contributed by atoms with Crippen molar-refractivity contribution >= 4 is 23.2 Å². The van der Waals surface area contributed by atoms with Crippen LogP contribution in [0.3, 0.4) is 0 Å². The Kier molecular flexibility index (Phi) is 3.64. The molecule has 2 rings (SSSR count). The van der Waals surface area contributed by atoms with E-state index in [0.29, 0.717) is 11.7 Å². The van der Waals surface area contributed by atoms with Crippen molar-refractivity contribution in [3.8, 4) is 0 Å². The van der Waals surface area contributed by atoms with E-state index >= 15 is 0 Å². The number of carbonyl (C=O) groups excluding carboxylic acids is 1. The van der Waals surface area contributed by atoms with Crippen molar-refractivity contribution < 1.29 is 9.18 Å². The Labute approximate surface area is 104 Å². The van der Waals surface area contributed by atoms with Crippen LogP contribution < -0.4 is 10.6 Å². The second kappa shape index (κ2) is 5.02. The van der Waals surface area contributed by atoms with Crippen LogP contribution in [0.15, 0.2) is 18.2 Å². The Morgan fingerprint density at radius 2 is 2.24 bits per heavy atom. The molecule has 1 aliphatic carbocycles. The molecule has 0 heterocycles. The van der Waals surface area contributed by atoms with Crippen LogP contribution in [0.2, 0.25) is 5.02 Å². The Hall–Kier alpha value is -1.13. The summed E-state index contributed by atoms with van der Waals surface area (Å²) in [5.74, 6) is -0.631.